The predicted molar refractivity (Wildman–Crippen MR) is 119 cm³/mol. The van der Waals surface area contributed by atoms with E-state index >= 15 is 0 Å². The van der Waals surface area contributed by atoms with Crippen molar-refractivity contribution in [3.05, 3.63) is 46.5 Å². The first-order chi connectivity index (χ1) is 13.4. The largest absolute Gasteiger partial charge is 0.369 e. The highest BCUT2D eigenvalue weighted by molar-refractivity contribution is 6.31. The Labute approximate surface area is 172 Å². The minimum Gasteiger partial charge on any atom is -0.369 e. The number of likely N-dealkylation sites (tertiary alicyclic amines) is 1. The summed E-state index contributed by atoms with van der Waals surface area (Å²) in [6.45, 7) is 9.58. The first-order valence-corrected chi connectivity index (χ1v) is 10.2. The average Bonchev–Trinajstić information content (AvgIpc) is 2.65. The second kappa shape index (κ2) is 9.26. The van der Waals surface area contributed by atoms with Crippen LogP contribution < -0.4 is 16.4 Å². The summed E-state index contributed by atoms with van der Waals surface area (Å²) in [5.74, 6) is 1.73. The van der Waals surface area contributed by atoms with Crippen LogP contribution >= 0.6 is 11.6 Å². The number of piperidine rings is 1. The van der Waals surface area contributed by atoms with Crippen LogP contribution in [0.3, 0.4) is 0 Å². The topological polar surface area (TPSA) is 78.6 Å². The standard InChI is InChI=1S/C21H29ClN6/c1-4-28-9-7-16(8-10-28)24-19-11-14(2)12-20(26-19)27-21(23)25-17-5-6-18(22)15(3)13-17/h5-6,11-13,16H,4,7-10H2,1-3H3,(H4,23,24,25,26,27). The zero-order valence-electron chi connectivity index (χ0n) is 16.8. The number of pyridine rings is 1. The number of hydrogen-bond acceptors (Lipinski definition) is 4. The number of benzene rings is 1. The third-order valence-electron chi connectivity index (χ3n) is 5.01. The minimum atomic E-state index is 0.294. The number of aromatic nitrogens is 1. The van der Waals surface area contributed by atoms with E-state index in [0.29, 0.717) is 17.8 Å². The van der Waals surface area contributed by atoms with Crippen molar-refractivity contribution in [1.82, 2.24) is 9.88 Å². The molecule has 0 radical (unpaired) electrons. The molecule has 0 atom stereocenters. The first kappa shape index (κ1) is 20.4. The van der Waals surface area contributed by atoms with Crippen LogP contribution in [0, 0.1) is 13.8 Å². The highest BCUT2D eigenvalue weighted by Gasteiger charge is 2.18. The Morgan fingerprint density at radius 1 is 1.25 bits per heavy atom. The molecule has 1 aliphatic heterocycles. The lowest BCUT2D eigenvalue weighted by molar-refractivity contribution is 0.229. The lowest BCUT2D eigenvalue weighted by Gasteiger charge is -2.31. The highest BCUT2D eigenvalue weighted by Crippen LogP contribution is 2.21. The number of aliphatic imine (C=N–C) groups is 1. The second-order valence-corrected chi connectivity index (χ2v) is 7.73. The van der Waals surface area contributed by atoms with Crippen LogP contribution in [0.4, 0.5) is 17.3 Å². The summed E-state index contributed by atoms with van der Waals surface area (Å²) in [5, 5.41) is 7.38. The molecule has 0 spiro atoms. The summed E-state index contributed by atoms with van der Waals surface area (Å²) in [6.07, 6.45) is 2.25. The van der Waals surface area contributed by atoms with E-state index in [1.807, 2.05) is 38.1 Å². The fraction of sp³-hybridized carbons (Fsp3) is 0.429. The van der Waals surface area contributed by atoms with Crippen molar-refractivity contribution in [2.45, 2.75) is 39.7 Å². The van der Waals surface area contributed by atoms with Crippen LogP contribution in [0.1, 0.15) is 30.9 Å². The number of anilines is 2. The maximum absolute atomic E-state index is 6.08. The average molecular weight is 401 g/mol. The van der Waals surface area contributed by atoms with Gasteiger partial charge in [0.15, 0.2) is 11.8 Å². The molecule has 28 heavy (non-hydrogen) atoms. The van der Waals surface area contributed by atoms with Crippen molar-refractivity contribution in [3.63, 3.8) is 0 Å². The summed E-state index contributed by atoms with van der Waals surface area (Å²) in [4.78, 5) is 11.5. The third-order valence-corrected chi connectivity index (χ3v) is 5.43. The van der Waals surface area contributed by atoms with Crippen molar-refractivity contribution >= 4 is 34.9 Å². The normalized spacial score (nSPS) is 16.2. The lowest BCUT2D eigenvalue weighted by atomic mass is 10.1. The second-order valence-electron chi connectivity index (χ2n) is 7.33. The summed E-state index contributed by atoms with van der Waals surface area (Å²) >= 11 is 6.07. The highest BCUT2D eigenvalue weighted by atomic mass is 35.5. The molecule has 1 fully saturated rings. The Hall–Kier alpha value is -2.31. The summed E-state index contributed by atoms with van der Waals surface area (Å²) in [6, 6.07) is 10.1. The SMILES string of the molecule is CCN1CCC(Nc2cc(C)cc(N=C(N)Nc3ccc(Cl)c(C)c3)n2)CC1. The minimum absolute atomic E-state index is 0.294. The summed E-state index contributed by atoms with van der Waals surface area (Å²) in [5.41, 5.74) is 9.00. The fourth-order valence-electron chi connectivity index (χ4n) is 3.40. The molecule has 0 aliphatic carbocycles. The maximum Gasteiger partial charge on any atom is 0.199 e. The summed E-state index contributed by atoms with van der Waals surface area (Å²) in [7, 11) is 0. The molecule has 1 aliphatic rings. The van der Waals surface area contributed by atoms with Crippen LogP contribution in [-0.4, -0.2) is 41.5 Å². The molecule has 2 aromatic rings. The van der Waals surface area contributed by atoms with Gasteiger partial charge in [0, 0.05) is 29.8 Å². The number of nitrogens with one attached hydrogen (secondary N) is 2. The van der Waals surface area contributed by atoms with E-state index in [1.165, 1.54) is 0 Å². The molecular formula is C21H29ClN6. The van der Waals surface area contributed by atoms with Gasteiger partial charge in [0.1, 0.15) is 5.82 Å². The Morgan fingerprint density at radius 2 is 2.00 bits per heavy atom. The van der Waals surface area contributed by atoms with Gasteiger partial charge in [-0.3, -0.25) is 0 Å². The quantitative estimate of drug-likeness (QED) is 0.515. The van der Waals surface area contributed by atoms with Gasteiger partial charge in [0.2, 0.25) is 0 Å². The van der Waals surface area contributed by atoms with Crippen molar-refractivity contribution in [2.75, 3.05) is 30.3 Å². The molecule has 0 bridgehead atoms. The number of nitrogens with two attached hydrogens (primary N) is 1. The Bertz CT molecular complexity index is 843. The molecule has 3 rings (SSSR count). The molecule has 150 valence electrons. The van der Waals surface area contributed by atoms with Gasteiger partial charge in [0.25, 0.3) is 0 Å². The molecule has 1 aromatic heterocycles. The molecule has 0 saturated carbocycles. The van der Waals surface area contributed by atoms with Gasteiger partial charge in [0.05, 0.1) is 0 Å². The molecular weight excluding hydrogens is 372 g/mol. The first-order valence-electron chi connectivity index (χ1n) is 9.78. The number of guanidine groups is 1. The van der Waals surface area contributed by atoms with Gasteiger partial charge < -0.3 is 21.3 Å². The fourth-order valence-corrected chi connectivity index (χ4v) is 3.52. The molecule has 2 heterocycles. The Balaban J connectivity index is 1.68. The number of hydrogen-bond donors (Lipinski definition) is 3. The molecule has 6 nitrogen and oxygen atoms in total. The van der Waals surface area contributed by atoms with E-state index in [1.54, 1.807) is 0 Å². The van der Waals surface area contributed by atoms with Crippen LogP contribution in [0.5, 0.6) is 0 Å². The van der Waals surface area contributed by atoms with E-state index in [-0.39, 0.29) is 0 Å². The molecule has 0 amide bonds. The van der Waals surface area contributed by atoms with E-state index in [2.05, 4.69) is 38.5 Å². The molecule has 4 N–H and O–H groups in total. The van der Waals surface area contributed by atoms with Gasteiger partial charge in [-0.1, -0.05) is 18.5 Å². The van der Waals surface area contributed by atoms with Gasteiger partial charge in [-0.05, 0) is 74.7 Å². The maximum atomic E-state index is 6.08. The van der Waals surface area contributed by atoms with Crippen molar-refractivity contribution in [3.8, 4) is 0 Å². The molecule has 1 saturated heterocycles. The number of nitrogens with zero attached hydrogens (tertiary/aromatic N) is 3. The van der Waals surface area contributed by atoms with Crippen molar-refractivity contribution in [1.29, 1.82) is 0 Å². The van der Waals surface area contributed by atoms with Gasteiger partial charge >= 0.3 is 0 Å². The molecule has 1 aromatic carbocycles. The van der Waals surface area contributed by atoms with Crippen molar-refractivity contribution in [2.24, 2.45) is 10.7 Å². The zero-order valence-corrected chi connectivity index (χ0v) is 17.6. The van der Waals surface area contributed by atoms with Crippen LogP contribution in [-0.2, 0) is 0 Å². The van der Waals surface area contributed by atoms with Crippen LogP contribution in [0.2, 0.25) is 5.02 Å². The number of rotatable bonds is 5. The van der Waals surface area contributed by atoms with E-state index in [0.717, 1.165) is 60.1 Å². The van der Waals surface area contributed by atoms with E-state index in [9.17, 15) is 0 Å². The number of halogens is 1. The van der Waals surface area contributed by atoms with Crippen molar-refractivity contribution < 1.29 is 0 Å². The molecule has 7 heteroatoms. The third kappa shape index (κ3) is 5.59. The number of aryl methyl sites for hydroxylation is 2. The Morgan fingerprint density at radius 3 is 2.68 bits per heavy atom. The summed E-state index contributed by atoms with van der Waals surface area (Å²) < 4.78 is 0. The Kier molecular flexibility index (Phi) is 6.75. The van der Waals surface area contributed by atoms with Crippen LogP contribution in [0.25, 0.3) is 0 Å². The van der Waals surface area contributed by atoms with Gasteiger partial charge in [-0.25, -0.2) is 4.98 Å². The lowest BCUT2D eigenvalue weighted by Crippen LogP contribution is -2.39. The monoisotopic (exact) mass is 400 g/mol. The molecule has 0 unspecified atom stereocenters. The van der Waals surface area contributed by atoms with E-state index in [4.69, 9.17) is 17.3 Å². The van der Waals surface area contributed by atoms with Gasteiger partial charge in [-0.15, -0.1) is 0 Å². The predicted octanol–water partition coefficient (Wildman–Crippen LogP) is 4.31. The van der Waals surface area contributed by atoms with E-state index < -0.39 is 0 Å². The van der Waals surface area contributed by atoms with Crippen LogP contribution in [0.15, 0.2) is 35.3 Å². The smallest absolute Gasteiger partial charge is 0.199 e. The zero-order chi connectivity index (χ0) is 20.1. The van der Waals surface area contributed by atoms with Gasteiger partial charge in [-0.2, -0.15) is 4.99 Å².